The van der Waals surface area contributed by atoms with Gasteiger partial charge in [-0.15, -0.1) is 0 Å². The van der Waals surface area contributed by atoms with E-state index in [0.29, 0.717) is 27.4 Å². The Bertz CT molecular complexity index is 587. The lowest BCUT2D eigenvalue weighted by Gasteiger charge is -2.13. The number of ether oxygens (including phenoxy) is 1. The molecular weight excluding hydrogens is 299 g/mol. The zero-order valence-electron chi connectivity index (χ0n) is 11.1. The van der Waals surface area contributed by atoms with Crippen LogP contribution < -0.4 is 15.4 Å². The zero-order valence-corrected chi connectivity index (χ0v) is 12.6. The Kier molecular flexibility index (Phi) is 4.87. The molecule has 0 radical (unpaired) electrons. The van der Waals surface area contributed by atoms with Crippen LogP contribution in [-0.2, 0) is 0 Å². The Balaban J connectivity index is 2.35. The van der Waals surface area contributed by atoms with Gasteiger partial charge < -0.3 is 15.4 Å². The summed E-state index contributed by atoms with van der Waals surface area (Å²) in [5, 5.41) is 7.31. The van der Waals surface area contributed by atoms with E-state index < -0.39 is 0 Å². The fraction of sp³-hybridized carbons (Fsp3) is 0.231. The molecule has 1 heterocycles. The minimum atomic E-state index is 0.533. The summed E-state index contributed by atoms with van der Waals surface area (Å²) < 4.78 is 5.35. The van der Waals surface area contributed by atoms with Crippen LogP contribution >= 0.6 is 23.2 Å². The van der Waals surface area contributed by atoms with Crippen LogP contribution in [0.5, 0.6) is 5.75 Å². The van der Waals surface area contributed by atoms with Crippen LogP contribution in [0.1, 0.15) is 6.92 Å². The van der Waals surface area contributed by atoms with Gasteiger partial charge in [-0.1, -0.05) is 23.2 Å². The summed E-state index contributed by atoms with van der Waals surface area (Å²) in [7, 11) is 1.57. The Labute approximate surface area is 127 Å². The first-order valence-electron chi connectivity index (χ1n) is 6.00. The van der Waals surface area contributed by atoms with Gasteiger partial charge in [-0.3, -0.25) is 0 Å². The maximum absolute atomic E-state index is 5.97. The van der Waals surface area contributed by atoms with Gasteiger partial charge in [0.05, 0.1) is 7.11 Å². The van der Waals surface area contributed by atoms with Crippen LogP contribution in [0.3, 0.4) is 0 Å². The van der Waals surface area contributed by atoms with E-state index in [1.807, 2.05) is 6.92 Å². The van der Waals surface area contributed by atoms with Crippen molar-refractivity contribution in [1.82, 2.24) is 9.97 Å². The molecule has 0 aliphatic rings. The van der Waals surface area contributed by atoms with Gasteiger partial charge in [0, 0.05) is 22.3 Å². The van der Waals surface area contributed by atoms with Crippen LogP contribution in [-0.4, -0.2) is 23.6 Å². The molecule has 0 aliphatic heterocycles. The number of rotatable bonds is 5. The minimum Gasteiger partial charge on any atom is -0.490 e. The molecule has 20 heavy (non-hydrogen) atoms. The van der Waals surface area contributed by atoms with Crippen LogP contribution in [0, 0.1) is 0 Å². The molecule has 2 rings (SSSR count). The number of nitrogens with one attached hydrogen (secondary N) is 2. The summed E-state index contributed by atoms with van der Waals surface area (Å²) in [6.07, 6.45) is 1.45. The van der Waals surface area contributed by atoms with E-state index in [2.05, 4.69) is 20.6 Å². The first-order chi connectivity index (χ1) is 9.63. The number of hydrogen-bond acceptors (Lipinski definition) is 5. The Morgan fingerprint density at radius 2 is 1.75 bits per heavy atom. The van der Waals surface area contributed by atoms with Gasteiger partial charge in [-0.05, 0) is 25.1 Å². The molecule has 0 fully saturated rings. The lowest BCUT2D eigenvalue weighted by atomic mass is 10.3. The lowest BCUT2D eigenvalue weighted by molar-refractivity contribution is 0.415. The van der Waals surface area contributed by atoms with Crippen molar-refractivity contribution in [1.29, 1.82) is 0 Å². The van der Waals surface area contributed by atoms with Crippen molar-refractivity contribution >= 4 is 40.5 Å². The molecule has 1 aromatic carbocycles. The molecule has 2 N–H and O–H groups in total. The molecular formula is C13H14Cl2N4O. The molecule has 0 unspecified atom stereocenters. The number of aromatic nitrogens is 2. The van der Waals surface area contributed by atoms with E-state index in [4.69, 9.17) is 27.9 Å². The van der Waals surface area contributed by atoms with Crippen molar-refractivity contribution in [3.63, 3.8) is 0 Å². The second-order valence-corrected chi connectivity index (χ2v) is 4.79. The van der Waals surface area contributed by atoms with Crippen molar-refractivity contribution in [2.75, 3.05) is 24.3 Å². The number of anilines is 3. The minimum absolute atomic E-state index is 0.533. The number of halogens is 2. The van der Waals surface area contributed by atoms with Crippen molar-refractivity contribution in [3.8, 4) is 5.75 Å². The van der Waals surface area contributed by atoms with Gasteiger partial charge in [0.15, 0.2) is 11.6 Å². The van der Waals surface area contributed by atoms with Crippen molar-refractivity contribution in [3.05, 3.63) is 34.6 Å². The molecule has 0 atom stereocenters. The number of hydrogen-bond donors (Lipinski definition) is 2. The van der Waals surface area contributed by atoms with Gasteiger partial charge in [0.1, 0.15) is 6.33 Å². The summed E-state index contributed by atoms with van der Waals surface area (Å²) in [6, 6.07) is 5.17. The van der Waals surface area contributed by atoms with Crippen LogP contribution in [0.2, 0.25) is 10.0 Å². The first kappa shape index (κ1) is 14.7. The summed E-state index contributed by atoms with van der Waals surface area (Å²) in [6.45, 7) is 2.71. The van der Waals surface area contributed by atoms with E-state index in [0.717, 1.165) is 12.2 Å². The highest BCUT2D eigenvalue weighted by Gasteiger charge is 2.12. The summed E-state index contributed by atoms with van der Waals surface area (Å²) in [5.41, 5.74) is 0.724. The third-order valence-electron chi connectivity index (χ3n) is 2.48. The van der Waals surface area contributed by atoms with Crippen LogP contribution in [0.25, 0.3) is 0 Å². The van der Waals surface area contributed by atoms with E-state index in [-0.39, 0.29) is 0 Å². The molecule has 0 saturated carbocycles. The molecule has 2 aromatic rings. The monoisotopic (exact) mass is 312 g/mol. The molecule has 106 valence electrons. The predicted molar refractivity (Wildman–Crippen MR) is 82.5 cm³/mol. The number of nitrogens with zero attached hydrogens (tertiary/aromatic N) is 2. The largest absolute Gasteiger partial charge is 0.490 e. The average Bonchev–Trinajstić information content (AvgIpc) is 2.38. The maximum atomic E-state index is 5.97. The van der Waals surface area contributed by atoms with E-state index in [9.17, 15) is 0 Å². The average molecular weight is 313 g/mol. The van der Waals surface area contributed by atoms with Crippen molar-refractivity contribution < 1.29 is 4.74 Å². The lowest BCUT2D eigenvalue weighted by Crippen LogP contribution is -2.05. The molecule has 7 heteroatoms. The topological polar surface area (TPSA) is 59.1 Å². The highest BCUT2D eigenvalue weighted by Crippen LogP contribution is 2.32. The Morgan fingerprint density at radius 3 is 2.35 bits per heavy atom. The smallest absolute Gasteiger partial charge is 0.204 e. The van der Waals surface area contributed by atoms with Gasteiger partial charge in [0.2, 0.25) is 5.75 Å². The van der Waals surface area contributed by atoms with E-state index in [1.54, 1.807) is 25.3 Å². The number of methoxy groups -OCH3 is 1. The van der Waals surface area contributed by atoms with Gasteiger partial charge in [0.25, 0.3) is 0 Å². The van der Waals surface area contributed by atoms with Crippen molar-refractivity contribution in [2.45, 2.75) is 6.92 Å². The Hall–Kier alpha value is -1.72. The summed E-state index contributed by atoms with van der Waals surface area (Å²) in [5.74, 6) is 1.70. The summed E-state index contributed by atoms with van der Waals surface area (Å²) >= 11 is 11.9. The van der Waals surface area contributed by atoms with Gasteiger partial charge >= 0.3 is 0 Å². The zero-order chi connectivity index (χ0) is 14.5. The molecule has 0 aliphatic carbocycles. The van der Waals surface area contributed by atoms with Crippen molar-refractivity contribution in [2.24, 2.45) is 0 Å². The van der Waals surface area contributed by atoms with Crippen LogP contribution in [0.15, 0.2) is 24.5 Å². The normalized spacial score (nSPS) is 10.2. The Morgan fingerprint density at radius 1 is 1.10 bits per heavy atom. The second kappa shape index (κ2) is 6.63. The molecule has 1 aromatic heterocycles. The fourth-order valence-corrected chi connectivity index (χ4v) is 2.24. The third-order valence-corrected chi connectivity index (χ3v) is 2.91. The van der Waals surface area contributed by atoms with Crippen LogP contribution in [0.4, 0.5) is 17.3 Å². The third kappa shape index (κ3) is 3.43. The molecule has 0 bridgehead atoms. The summed E-state index contributed by atoms with van der Waals surface area (Å²) in [4.78, 5) is 8.31. The quantitative estimate of drug-likeness (QED) is 0.875. The van der Waals surface area contributed by atoms with E-state index in [1.165, 1.54) is 6.33 Å². The van der Waals surface area contributed by atoms with E-state index >= 15 is 0 Å². The predicted octanol–water partition coefficient (Wildman–Crippen LogP) is 3.97. The SMILES string of the molecule is CCNc1ncnc(Nc2cc(Cl)cc(Cl)c2)c1OC. The number of benzene rings is 1. The van der Waals surface area contributed by atoms with Gasteiger partial charge in [-0.2, -0.15) is 0 Å². The second-order valence-electron chi connectivity index (χ2n) is 3.92. The highest BCUT2D eigenvalue weighted by atomic mass is 35.5. The first-order valence-corrected chi connectivity index (χ1v) is 6.75. The fourth-order valence-electron chi connectivity index (χ4n) is 1.71. The maximum Gasteiger partial charge on any atom is 0.204 e. The molecule has 5 nitrogen and oxygen atoms in total. The molecule has 0 saturated heterocycles. The molecule has 0 spiro atoms. The van der Waals surface area contributed by atoms with Gasteiger partial charge in [-0.25, -0.2) is 9.97 Å². The molecule has 0 amide bonds. The standard InChI is InChI=1S/C13H14Cl2N4O/c1-3-16-12-11(20-2)13(18-7-17-12)19-10-5-8(14)4-9(15)6-10/h4-7H,3H2,1-2H3,(H2,16,17,18,19). The highest BCUT2D eigenvalue weighted by molar-refractivity contribution is 6.35.